The van der Waals surface area contributed by atoms with Gasteiger partial charge in [0.15, 0.2) is 0 Å². The third kappa shape index (κ3) is 3.47. The monoisotopic (exact) mass is 75.0 g/mol. The van der Waals surface area contributed by atoms with E-state index in [1.165, 1.54) is 6.92 Å². The largest absolute Gasteiger partial charge is 0.468 e. The van der Waals surface area contributed by atoms with Gasteiger partial charge in [-0.15, -0.1) is 0 Å². The molecule has 0 bridgehead atoms. The second kappa shape index (κ2) is 3.47. The number of ether oxygens (including phenoxy) is 1. The molecule has 0 aliphatic heterocycles. The summed E-state index contributed by atoms with van der Waals surface area (Å²) in [6.07, 6.45) is 0. The average molecular weight is 75.1 g/mol. The minimum Gasteiger partial charge on any atom is -0.468 e. The van der Waals surface area contributed by atoms with E-state index >= 15 is 0 Å². The highest BCUT2D eigenvalue weighted by atomic mass is 16.5. The van der Waals surface area contributed by atoms with Crippen molar-refractivity contribution in [2.24, 2.45) is 0 Å². The van der Waals surface area contributed by atoms with Gasteiger partial charge in [0.25, 0.3) is 6.47 Å². The van der Waals surface area contributed by atoms with Crippen LogP contribution in [0.3, 0.4) is 0 Å². The maximum Gasteiger partial charge on any atom is 0.293 e. The normalized spacial score (nSPS) is 15.8. The van der Waals surface area contributed by atoms with Crippen LogP contribution in [0.5, 0.6) is 0 Å². The van der Waals surface area contributed by atoms with Gasteiger partial charge in [0.2, 0.25) is 0 Å². The summed E-state index contributed by atoms with van der Waals surface area (Å²) >= 11 is 0. The van der Waals surface area contributed by atoms with Crippen molar-refractivity contribution in [3.05, 3.63) is 0 Å². The lowest BCUT2D eigenvalue weighted by Crippen LogP contribution is -1.80. The molecule has 0 spiro atoms. The van der Waals surface area contributed by atoms with E-state index in [1.54, 1.807) is 0 Å². The van der Waals surface area contributed by atoms with Crippen LogP contribution in [-0.4, -0.2) is 13.1 Å². The molecule has 0 aliphatic rings. The predicted octanol–water partition coefficient (Wildman–Crippen LogP) is 0.179. The standard InChI is InChI=1S/C3H6O2/c1-2-5-3-4/h3H,2H2,1H3/i2D. The molecule has 0 amide bonds. The first-order valence-corrected chi connectivity index (χ1v) is 1.28. The van der Waals surface area contributed by atoms with Crippen LogP contribution in [0.2, 0.25) is 0 Å². The molecular formula is C3H6O2. The Bertz CT molecular complexity index is 44.1. The first-order valence-electron chi connectivity index (χ1n) is 1.86. The SMILES string of the molecule is [2H]C(C)OC=O. The van der Waals surface area contributed by atoms with Crippen molar-refractivity contribution in [1.82, 2.24) is 0 Å². The van der Waals surface area contributed by atoms with E-state index in [9.17, 15) is 4.79 Å². The van der Waals surface area contributed by atoms with Crippen LogP contribution in [0, 0.1) is 0 Å². The Balaban J connectivity index is 2.81. The second-order valence-electron chi connectivity index (χ2n) is 0.468. The van der Waals surface area contributed by atoms with E-state index in [4.69, 9.17) is 1.37 Å². The second-order valence-corrected chi connectivity index (χ2v) is 0.468. The molecule has 2 heteroatoms. The molecule has 2 nitrogen and oxygen atoms in total. The summed E-state index contributed by atoms with van der Waals surface area (Å²) in [5.74, 6) is 0. The fraction of sp³-hybridized carbons (Fsp3) is 0.667. The minimum atomic E-state index is -0.720. The summed E-state index contributed by atoms with van der Waals surface area (Å²) < 4.78 is 10.6. The summed E-state index contributed by atoms with van der Waals surface area (Å²) in [4.78, 5) is 9.27. The zero-order valence-electron chi connectivity index (χ0n) is 3.97. The number of carbonyl (C=O) groups is 1. The highest BCUT2D eigenvalue weighted by Crippen LogP contribution is 1.55. The van der Waals surface area contributed by atoms with Crippen molar-refractivity contribution in [2.45, 2.75) is 6.92 Å². The zero-order valence-corrected chi connectivity index (χ0v) is 2.97. The van der Waals surface area contributed by atoms with Gasteiger partial charge in [-0.25, -0.2) is 0 Å². The number of hydrogen-bond acceptors (Lipinski definition) is 2. The molecule has 0 radical (unpaired) electrons. The highest BCUT2D eigenvalue weighted by molar-refractivity contribution is 5.36. The van der Waals surface area contributed by atoms with Gasteiger partial charge >= 0.3 is 0 Å². The van der Waals surface area contributed by atoms with Gasteiger partial charge < -0.3 is 4.74 Å². The summed E-state index contributed by atoms with van der Waals surface area (Å²) in [6.45, 7) is 1.01. The molecule has 0 aromatic rings. The minimum absolute atomic E-state index is 0.262. The van der Waals surface area contributed by atoms with Crippen molar-refractivity contribution in [2.75, 3.05) is 6.58 Å². The number of carbonyl (C=O) groups excluding carboxylic acids is 1. The van der Waals surface area contributed by atoms with Crippen LogP contribution in [0.25, 0.3) is 0 Å². The third-order valence-electron chi connectivity index (χ3n) is 0.192. The van der Waals surface area contributed by atoms with E-state index in [0.29, 0.717) is 0 Å². The topological polar surface area (TPSA) is 26.3 Å². The van der Waals surface area contributed by atoms with Gasteiger partial charge in [-0.2, -0.15) is 0 Å². The molecule has 0 aliphatic carbocycles. The van der Waals surface area contributed by atoms with Crippen LogP contribution in [0.1, 0.15) is 8.29 Å². The summed E-state index contributed by atoms with van der Waals surface area (Å²) in [6, 6.07) is 0. The molecule has 0 fully saturated rings. The quantitative estimate of drug-likeness (QED) is 0.437. The van der Waals surface area contributed by atoms with Gasteiger partial charge in [-0.05, 0) is 6.92 Å². The van der Waals surface area contributed by atoms with E-state index in [2.05, 4.69) is 4.74 Å². The van der Waals surface area contributed by atoms with Crippen molar-refractivity contribution in [1.29, 1.82) is 0 Å². The van der Waals surface area contributed by atoms with Gasteiger partial charge in [0.05, 0.1) is 7.95 Å². The Hall–Kier alpha value is -0.530. The molecule has 0 aromatic carbocycles. The maximum atomic E-state index is 9.27. The molecule has 0 aromatic heterocycles. The maximum absolute atomic E-state index is 9.27. The van der Waals surface area contributed by atoms with Crippen molar-refractivity contribution < 1.29 is 10.9 Å². The number of rotatable bonds is 2. The third-order valence-corrected chi connectivity index (χ3v) is 0.192. The average Bonchev–Trinajstić information content (AvgIpc) is 1.35. The molecule has 30 valence electrons. The van der Waals surface area contributed by atoms with E-state index in [-0.39, 0.29) is 6.47 Å². The Labute approximate surface area is 32.1 Å². The first-order chi connectivity index (χ1) is 2.77. The van der Waals surface area contributed by atoms with Crippen LogP contribution in [0.15, 0.2) is 0 Å². The molecule has 0 heterocycles. The molecule has 0 rings (SSSR count). The Kier molecular flexibility index (Phi) is 1.87. The van der Waals surface area contributed by atoms with E-state index in [0.717, 1.165) is 0 Å². The first kappa shape index (κ1) is 2.69. The van der Waals surface area contributed by atoms with Crippen molar-refractivity contribution in [3.8, 4) is 0 Å². The van der Waals surface area contributed by atoms with Crippen molar-refractivity contribution >= 4 is 6.47 Å². The Morgan fingerprint density at radius 2 is 3.00 bits per heavy atom. The van der Waals surface area contributed by atoms with Gasteiger partial charge in [0, 0.05) is 0 Å². The zero-order chi connectivity index (χ0) is 4.99. The summed E-state index contributed by atoms with van der Waals surface area (Å²) in [7, 11) is 0. The Morgan fingerprint density at radius 3 is 3.00 bits per heavy atom. The van der Waals surface area contributed by atoms with E-state index in [1.807, 2.05) is 0 Å². The molecule has 1 atom stereocenters. The fourth-order valence-electron chi connectivity index (χ4n) is 0.0556. The summed E-state index contributed by atoms with van der Waals surface area (Å²) in [5, 5.41) is 0. The van der Waals surface area contributed by atoms with Gasteiger partial charge in [0.1, 0.15) is 0 Å². The molecule has 0 N–H and O–H groups in total. The van der Waals surface area contributed by atoms with Gasteiger partial charge in [-0.3, -0.25) is 4.79 Å². The van der Waals surface area contributed by atoms with E-state index < -0.39 is 6.58 Å². The highest BCUT2D eigenvalue weighted by Gasteiger charge is 1.60. The predicted molar refractivity (Wildman–Crippen MR) is 17.7 cm³/mol. The fourth-order valence-corrected chi connectivity index (χ4v) is 0.0556. The summed E-state index contributed by atoms with van der Waals surface area (Å²) in [5.41, 5.74) is 0. The smallest absolute Gasteiger partial charge is 0.293 e. The van der Waals surface area contributed by atoms with Crippen LogP contribution >= 0.6 is 0 Å². The molecule has 0 saturated carbocycles. The lowest BCUT2D eigenvalue weighted by molar-refractivity contribution is -0.128. The van der Waals surface area contributed by atoms with Crippen LogP contribution in [0.4, 0.5) is 0 Å². The molecular weight excluding hydrogens is 68.0 g/mol. The van der Waals surface area contributed by atoms with Gasteiger partial charge in [-0.1, -0.05) is 0 Å². The van der Waals surface area contributed by atoms with Crippen LogP contribution in [-0.2, 0) is 9.53 Å². The lowest BCUT2D eigenvalue weighted by Gasteiger charge is -1.79. The lowest BCUT2D eigenvalue weighted by atomic mass is 10.9. The van der Waals surface area contributed by atoms with Crippen molar-refractivity contribution in [3.63, 3.8) is 0 Å². The van der Waals surface area contributed by atoms with Crippen LogP contribution < -0.4 is 0 Å². The molecule has 5 heavy (non-hydrogen) atoms. The molecule has 1 unspecified atom stereocenters. The number of hydrogen-bond donors (Lipinski definition) is 0. The molecule has 0 saturated heterocycles. The Morgan fingerprint density at radius 1 is 2.40 bits per heavy atom.